The van der Waals surface area contributed by atoms with Crippen molar-refractivity contribution in [2.75, 3.05) is 20.2 Å². The summed E-state index contributed by atoms with van der Waals surface area (Å²) < 4.78 is 5.38. The second-order valence-corrected chi connectivity index (χ2v) is 5.54. The van der Waals surface area contributed by atoms with Crippen molar-refractivity contribution in [1.29, 1.82) is 0 Å². The first-order chi connectivity index (χ1) is 8.74. The van der Waals surface area contributed by atoms with Gasteiger partial charge in [-0.1, -0.05) is 12.8 Å². The lowest BCUT2D eigenvalue weighted by molar-refractivity contribution is -0.144. The molecule has 2 amide bonds. The number of amides is 2. The number of hydrogen-bond donors (Lipinski definition) is 1. The van der Waals surface area contributed by atoms with Crippen LogP contribution in [-0.4, -0.2) is 49.1 Å². The molecule has 0 spiro atoms. The number of likely N-dealkylation sites (tertiary alicyclic amines) is 1. The van der Waals surface area contributed by atoms with E-state index in [4.69, 9.17) is 4.74 Å². The van der Waals surface area contributed by atoms with Gasteiger partial charge in [0.15, 0.2) is 0 Å². The summed E-state index contributed by atoms with van der Waals surface area (Å²) in [6.45, 7) is 1.38. The van der Waals surface area contributed by atoms with Crippen molar-refractivity contribution < 1.29 is 14.3 Å². The Kier molecular flexibility index (Phi) is 3.11. The fraction of sp³-hybridized carbons (Fsp3) is 0.846. The average molecular weight is 252 g/mol. The molecule has 1 N–H and O–H groups in total. The minimum Gasteiger partial charge on any atom is -0.378 e. The highest BCUT2D eigenvalue weighted by molar-refractivity contribution is 6.05. The lowest BCUT2D eigenvalue weighted by Crippen LogP contribution is -2.47. The Morgan fingerprint density at radius 3 is 2.28 bits per heavy atom. The van der Waals surface area contributed by atoms with Gasteiger partial charge in [-0.3, -0.25) is 14.5 Å². The fourth-order valence-corrected chi connectivity index (χ4v) is 3.65. The number of rotatable bonds is 2. The Morgan fingerprint density at radius 2 is 1.72 bits per heavy atom. The molecule has 2 heterocycles. The van der Waals surface area contributed by atoms with Crippen LogP contribution in [0.15, 0.2) is 0 Å². The van der Waals surface area contributed by atoms with Gasteiger partial charge in [0.2, 0.25) is 11.8 Å². The third kappa shape index (κ3) is 1.68. The van der Waals surface area contributed by atoms with Crippen LogP contribution in [0.4, 0.5) is 0 Å². The second-order valence-electron chi connectivity index (χ2n) is 5.54. The Balaban J connectivity index is 1.83. The van der Waals surface area contributed by atoms with Crippen LogP contribution in [0.5, 0.6) is 0 Å². The van der Waals surface area contributed by atoms with Crippen molar-refractivity contribution in [2.24, 2.45) is 11.8 Å². The van der Waals surface area contributed by atoms with Gasteiger partial charge in [-0.25, -0.2) is 0 Å². The number of hydrogen-bond acceptors (Lipinski definition) is 4. The summed E-state index contributed by atoms with van der Waals surface area (Å²) in [5, 5.41) is 3.20. The fourth-order valence-electron chi connectivity index (χ4n) is 3.65. The SMILES string of the molecule is CO[C@H]1CNCC1N1C(=O)C2CCCCC2C1=O. The topological polar surface area (TPSA) is 58.6 Å². The number of ether oxygens (including phenoxy) is 1. The molecule has 2 saturated heterocycles. The van der Waals surface area contributed by atoms with Crippen molar-refractivity contribution in [3.8, 4) is 0 Å². The third-order valence-electron chi connectivity index (χ3n) is 4.64. The van der Waals surface area contributed by atoms with Gasteiger partial charge in [0, 0.05) is 20.2 Å². The number of nitrogens with one attached hydrogen (secondary N) is 1. The van der Waals surface area contributed by atoms with Crippen molar-refractivity contribution in [2.45, 2.75) is 37.8 Å². The van der Waals surface area contributed by atoms with Gasteiger partial charge in [0.25, 0.3) is 0 Å². The Hall–Kier alpha value is -0.940. The molecule has 4 atom stereocenters. The van der Waals surface area contributed by atoms with E-state index < -0.39 is 0 Å². The van der Waals surface area contributed by atoms with Crippen LogP contribution in [-0.2, 0) is 14.3 Å². The lowest BCUT2D eigenvalue weighted by Gasteiger charge is -2.26. The summed E-state index contributed by atoms with van der Waals surface area (Å²) >= 11 is 0. The molecule has 0 aromatic heterocycles. The van der Waals surface area contributed by atoms with E-state index in [9.17, 15) is 9.59 Å². The van der Waals surface area contributed by atoms with Crippen LogP contribution in [0.2, 0.25) is 0 Å². The predicted molar refractivity (Wildman–Crippen MR) is 64.8 cm³/mol. The summed E-state index contributed by atoms with van der Waals surface area (Å²) in [7, 11) is 1.64. The summed E-state index contributed by atoms with van der Waals surface area (Å²) in [6, 6.07) is -0.111. The molecule has 3 unspecified atom stereocenters. The highest BCUT2D eigenvalue weighted by Gasteiger charge is 2.52. The molecule has 0 aromatic carbocycles. The highest BCUT2D eigenvalue weighted by Crippen LogP contribution is 2.39. The Labute approximate surface area is 107 Å². The maximum atomic E-state index is 12.4. The molecule has 2 aliphatic heterocycles. The van der Waals surface area contributed by atoms with Gasteiger partial charge >= 0.3 is 0 Å². The van der Waals surface area contributed by atoms with Gasteiger partial charge in [0.05, 0.1) is 24.0 Å². The molecule has 3 rings (SSSR count). The largest absolute Gasteiger partial charge is 0.378 e. The number of nitrogens with zero attached hydrogens (tertiary/aromatic N) is 1. The molecule has 0 bridgehead atoms. The quantitative estimate of drug-likeness (QED) is 0.711. The van der Waals surface area contributed by atoms with Gasteiger partial charge in [0.1, 0.15) is 0 Å². The van der Waals surface area contributed by atoms with Crippen LogP contribution >= 0.6 is 0 Å². The zero-order valence-electron chi connectivity index (χ0n) is 10.7. The van der Waals surface area contributed by atoms with Crippen LogP contribution in [0, 0.1) is 11.8 Å². The van der Waals surface area contributed by atoms with Gasteiger partial charge in [-0.05, 0) is 12.8 Å². The molecule has 0 aromatic rings. The Morgan fingerprint density at radius 1 is 1.11 bits per heavy atom. The zero-order valence-corrected chi connectivity index (χ0v) is 10.7. The predicted octanol–water partition coefficient (Wildman–Crippen LogP) is 0.148. The van der Waals surface area contributed by atoms with Crippen molar-refractivity contribution in [3.63, 3.8) is 0 Å². The standard InChI is InChI=1S/C13H20N2O3/c1-18-11-7-14-6-10(11)15-12(16)8-4-2-3-5-9(8)13(15)17/h8-11,14H,2-7H2,1H3/t8?,9?,10?,11-/m0/s1. The molecule has 18 heavy (non-hydrogen) atoms. The van der Waals surface area contributed by atoms with E-state index in [1.807, 2.05) is 0 Å². The normalized spacial score (nSPS) is 40.4. The van der Waals surface area contributed by atoms with E-state index in [1.165, 1.54) is 4.90 Å². The average Bonchev–Trinajstić information content (AvgIpc) is 2.95. The Bertz CT molecular complexity index is 347. The minimum absolute atomic E-state index is 0.0421. The van der Waals surface area contributed by atoms with Gasteiger partial charge in [-0.15, -0.1) is 0 Å². The zero-order chi connectivity index (χ0) is 12.7. The van der Waals surface area contributed by atoms with Crippen LogP contribution < -0.4 is 5.32 Å². The first-order valence-electron chi connectivity index (χ1n) is 6.84. The van der Waals surface area contributed by atoms with Gasteiger partial charge in [-0.2, -0.15) is 0 Å². The van der Waals surface area contributed by atoms with E-state index in [0.29, 0.717) is 13.1 Å². The van der Waals surface area contributed by atoms with Crippen molar-refractivity contribution >= 4 is 11.8 Å². The number of carbonyl (C=O) groups excluding carboxylic acids is 2. The van der Waals surface area contributed by atoms with E-state index in [0.717, 1.165) is 25.7 Å². The number of fused-ring (bicyclic) bond motifs is 1. The number of methoxy groups -OCH3 is 1. The number of imide groups is 1. The van der Waals surface area contributed by atoms with Crippen molar-refractivity contribution in [1.82, 2.24) is 10.2 Å². The van der Waals surface area contributed by atoms with E-state index in [2.05, 4.69) is 5.32 Å². The monoisotopic (exact) mass is 252 g/mol. The summed E-state index contributed by atoms with van der Waals surface area (Å²) in [4.78, 5) is 26.3. The highest BCUT2D eigenvalue weighted by atomic mass is 16.5. The van der Waals surface area contributed by atoms with Crippen molar-refractivity contribution in [3.05, 3.63) is 0 Å². The first kappa shape index (κ1) is 12.1. The maximum absolute atomic E-state index is 12.4. The molecule has 3 fully saturated rings. The van der Waals surface area contributed by atoms with Crippen LogP contribution in [0.1, 0.15) is 25.7 Å². The molecular formula is C13H20N2O3. The molecule has 0 radical (unpaired) electrons. The molecule has 5 heteroatoms. The molecule has 1 saturated carbocycles. The van der Waals surface area contributed by atoms with E-state index >= 15 is 0 Å². The smallest absolute Gasteiger partial charge is 0.233 e. The van der Waals surface area contributed by atoms with E-state index in [-0.39, 0.29) is 35.8 Å². The summed E-state index contributed by atoms with van der Waals surface area (Å²) in [6.07, 6.45) is 3.85. The summed E-state index contributed by atoms with van der Waals surface area (Å²) in [5.41, 5.74) is 0. The molecule has 1 aliphatic carbocycles. The molecule has 100 valence electrons. The minimum atomic E-state index is -0.111. The maximum Gasteiger partial charge on any atom is 0.233 e. The lowest BCUT2D eigenvalue weighted by atomic mass is 9.81. The molecular weight excluding hydrogens is 232 g/mol. The first-order valence-corrected chi connectivity index (χ1v) is 6.84. The van der Waals surface area contributed by atoms with Crippen LogP contribution in [0.3, 0.4) is 0 Å². The molecule has 3 aliphatic rings. The summed E-state index contributed by atoms with van der Waals surface area (Å²) in [5.74, 6) is -0.0189. The van der Waals surface area contributed by atoms with Crippen LogP contribution in [0.25, 0.3) is 0 Å². The van der Waals surface area contributed by atoms with E-state index in [1.54, 1.807) is 7.11 Å². The van der Waals surface area contributed by atoms with Gasteiger partial charge < -0.3 is 10.1 Å². The molecule has 5 nitrogen and oxygen atoms in total. The number of carbonyl (C=O) groups is 2. The third-order valence-corrected chi connectivity index (χ3v) is 4.64. The second kappa shape index (κ2) is 4.63.